The Hall–Kier alpha value is -2.39. The highest BCUT2D eigenvalue weighted by Gasteiger charge is 2.32. The fraction of sp³-hybridized carbons (Fsp3) is 0.455. The van der Waals surface area contributed by atoms with Crippen LogP contribution in [0.3, 0.4) is 0 Å². The van der Waals surface area contributed by atoms with Crippen molar-refractivity contribution in [2.75, 3.05) is 23.4 Å². The number of carbonyl (C=O) groups excluding carboxylic acids is 2. The van der Waals surface area contributed by atoms with E-state index >= 15 is 0 Å². The number of rotatable bonds is 6. The molecular weight excluding hydrogens is 436 g/mol. The van der Waals surface area contributed by atoms with E-state index in [2.05, 4.69) is 10.6 Å². The van der Waals surface area contributed by atoms with E-state index in [1.807, 2.05) is 19.1 Å². The third-order valence-corrected chi connectivity index (χ3v) is 8.59. The molecule has 4 rings (SSSR count). The van der Waals surface area contributed by atoms with Crippen molar-refractivity contribution < 1.29 is 22.7 Å². The van der Waals surface area contributed by atoms with Crippen LogP contribution in [0.25, 0.3) is 0 Å². The van der Waals surface area contributed by atoms with Crippen molar-refractivity contribution in [3.8, 4) is 5.75 Å². The first kappa shape index (κ1) is 21.8. The van der Waals surface area contributed by atoms with Gasteiger partial charge in [-0.05, 0) is 56.7 Å². The van der Waals surface area contributed by atoms with Gasteiger partial charge in [-0.3, -0.25) is 9.59 Å². The maximum atomic E-state index is 13.1. The third-order valence-electron chi connectivity index (χ3n) is 5.61. The number of ether oxygens (including phenoxy) is 1. The van der Waals surface area contributed by atoms with Gasteiger partial charge in [-0.1, -0.05) is 17.7 Å². The van der Waals surface area contributed by atoms with Crippen LogP contribution in [-0.4, -0.2) is 44.4 Å². The molecule has 1 aromatic heterocycles. The first-order chi connectivity index (χ1) is 14.8. The maximum Gasteiger partial charge on any atom is 0.262 e. The molecule has 1 aliphatic heterocycles. The Balaban J connectivity index is 1.47. The number of amides is 2. The van der Waals surface area contributed by atoms with Crippen molar-refractivity contribution in [1.29, 1.82) is 0 Å². The van der Waals surface area contributed by atoms with Gasteiger partial charge in [0.1, 0.15) is 10.8 Å². The van der Waals surface area contributed by atoms with E-state index in [0.717, 1.165) is 41.7 Å². The van der Waals surface area contributed by atoms with Crippen molar-refractivity contribution in [3.63, 3.8) is 0 Å². The summed E-state index contributed by atoms with van der Waals surface area (Å²) in [5.74, 6) is 0.0242. The summed E-state index contributed by atoms with van der Waals surface area (Å²) in [7, 11) is -3.09. The molecule has 31 heavy (non-hydrogen) atoms. The Morgan fingerprint density at radius 1 is 1.16 bits per heavy atom. The highest BCUT2D eigenvalue weighted by Crippen LogP contribution is 2.38. The topological polar surface area (TPSA) is 102 Å². The molecule has 1 unspecified atom stereocenters. The zero-order chi connectivity index (χ0) is 22.0. The number of nitrogens with one attached hydrogen (secondary N) is 2. The molecule has 0 bridgehead atoms. The van der Waals surface area contributed by atoms with Crippen LogP contribution in [0.15, 0.2) is 24.3 Å². The van der Waals surface area contributed by atoms with Crippen molar-refractivity contribution >= 4 is 38.0 Å². The molecule has 2 N–H and O–H groups in total. The quantitative estimate of drug-likeness (QED) is 0.687. The number of anilines is 1. The van der Waals surface area contributed by atoms with Gasteiger partial charge in [0.05, 0.1) is 17.1 Å². The Kier molecular flexibility index (Phi) is 6.34. The molecule has 2 aliphatic rings. The highest BCUT2D eigenvalue weighted by atomic mass is 32.2. The smallest absolute Gasteiger partial charge is 0.262 e. The van der Waals surface area contributed by atoms with Gasteiger partial charge in [0.15, 0.2) is 16.4 Å². The summed E-state index contributed by atoms with van der Waals surface area (Å²) in [6.07, 6.45) is 4.14. The lowest BCUT2D eigenvalue weighted by Crippen LogP contribution is -2.36. The maximum absolute atomic E-state index is 13.1. The van der Waals surface area contributed by atoms with Crippen LogP contribution >= 0.6 is 11.3 Å². The Morgan fingerprint density at radius 2 is 1.90 bits per heavy atom. The fourth-order valence-corrected chi connectivity index (χ4v) is 6.98. The van der Waals surface area contributed by atoms with Crippen LogP contribution in [0, 0.1) is 6.92 Å². The van der Waals surface area contributed by atoms with E-state index in [1.54, 1.807) is 12.1 Å². The van der Waals surface area contributed by atoms with Gasteiger partial charge in [-0.2, -0.15) is 0 Å². The Morgan fingerprint density at radius 3 is 2.61 bits per heavy atom. The summed E-state index contributed by atoms with van der Waals surface area (Å²) in [6, 6.07) is 7.05. The van der Waals surface area contributed by atoms with Crippen LogP contribution in [-0.2, 0) is 27.5 Å². The largest absolute Gasteiger partial charge is 0.484 e. The zero-order valence-electron chi connectivity index (χ0n) is 17.4. The van der Waals surface area contributed by atoms with Crippen molar-refractivity contribution in [2.24, 2.45) is 0 Å². The molecule has 1 fully saturated rings. The average molecular weight is 463 g/mol. The summed E-state index contributed by atoms with van der Waals surface area (Å²) in [5.41, 5.74) is 2.56. The van der Waals surface area contributed by atoms with Crippen LogP contribution < -0.4 is 15.4 Å². The van der Waals surface area contributed by atoms with Crippen LogP contribution in [0.1, 0.15) is 45.6 Å². The van der Waals surface area contributed by atoms with Gasteiger partial charge in [0, 0.05) is 10.9 Å². The molecule has 1 aromatic carbocycles. The number of thiophene rings is 1. The van der Waals surface area contributed by atoms with Crippen LogP contribution in [0.5, 0.6) is 5.75 Å². The summed E-state index contributed by atoms with van der Waals surface area (Å²) >= 11 is 1.43. The second-order valence-corrected chi connectivity index (χ2v) is 11.5. The predicted molar refractivity (Wildman–Crippen MR) is 121 cm³/mol. The second kappa shape index (κ2) is 9.00. The molecule has 2 heterocycles. The molecule has 166 valence electrons. The minimum Gasteiger partial charge on any atom is -0.484 e. The number of benzene rings is 1. The van der Waals surface area contributed by atoms with Gasteiger partial charge in [0.25, 0.3) is 11.8 Å². The average Bonchev–Trinajstić information content (AvgIpc) is 3.26. The molecule has 0 spiro atoms. The number of hydrogen-bond acceptors (Lipinski definition) is 6. The predicted octanol–water partition coefficient (Wildman–Crippen LogP) is 2.87. The molecule has 0 radical (unpaired) electrons. The number of hydrogen-bond donors (Lipinski definition) is 2. The molecular formula is C22H26N2O5S2. The molecule has 2 aromatic rings. The standard InChI is InChI=1S/C22H26N2O5S2/c1-14-6-8-16(9-7-14)29-12-19(25)24-22-20(17-4-2-3-5-18(17)30-22)21(26)23-15-10-11-31(27,28)13-15/h6-9,15H,2-5,10-13H2,1H3,(H,23,26)(H,24,25). The molecule has 7 nitrogen and oxygen atoms in total. The Labute approximate surface area is 186 Å². The SMILES string of the molecule is Cc1ccc(OCC(=O)Nc2sc3c(c2C(=O)NC2CCS(=O)(=O)C2)CCCC3)cc1. The molecule has 1 aliphatic carbocycles. The lowest BCUT2D eigenvalue weighted by Gasteiger charge is -2.15. The second-order valence-electron chi connectivity index (χ2n) is 8.14. The number of sulfone groups is 1. The van der Waals surface area contributed by atoms with Crippen molar-refractivity contribution in [3.05, 3.63) is 45.8 Å². The van der Waals surface area contributed by atoms with Gasteiger partial charge in [-0.25, -0.2) is 8.42 Å². The van der Waals surface area contributed by atoms with Crippen LogP contribution in [0.2, 0.25) is 0 Å². The van der Waals surface area contributed by atoms with Gasteiger partial charge in [0.2, 0.25) is 0 Å². The third kappa shape index (κ3) is 5.27. The van der Waals surface area contributed by atoms with Gasteiger partial charge < -0.3 is 15.4 Å². The van der Waals surface area contributed by atoms with E-state index in [0.29, 0.717) is 22.7 Å². The van der Waals surface area contributed by atoms with E-state index < -0.39 is 9.84 Å². The highest BCUT2D eigenvalue weighted by molar-refractivity contribution is 7.91. The fourth-order valence-electron chi connectivity index (χ4n) is 4.01. The lowest BCUT2D eigenvalue weighted by molar-refractivity contribution is -0.118. The minimum absolute atomic E-state index is 0.0306. The van der Waals surface area contributed by atoms with Crippen molar-refractivity contribution in [2.45, 2.75) is 45.1 Å². The monoisotopic (exact) mass is 462 g/mol. The molecule has 0 saturated carbocycles. The number of carbonyl (C=O) groups is 2. The number of aryl methyl sites for hydroxylation is 2. The molecule has 1 atom stereocenters. The minimum atomic E-state index is -3.09. The zero-order valence-corrected chi connectivity index (χ0v) is 19.0. The van der Waals surface area contributed by atoms with E-state index in [4.69, 9.17) is 4.74 Å². The van der Waals surface area contributed by atoms with Crippen molar-refractivity contribution in [1.82, 2.24) is 5.32 Å². The molecule has 2 amide bonds. The lowest BCUT2D eigenvalue weighted by atomic mass is 9.95. The summed E-state index contributed by atoms with van der Waals surface area (Å²) in [6.45, 7) is 1.82. The van der Waals surface area contributed by atoms with Gasteiger partial charge >= 0.3 is 0 Å². The number of fused-ring (bicyclic) bond motifs is 1. The Bertz CT molecular complexity index is 1090. The van der Waals surface area contributed by atoms with E-state index in [-0.39, 0.29) is 36.0 Å². The normalized spacial score (nSPS) is 19.5. The summed E-state index contributed by atoms with van der Waals surface area (Å²) in [5, 5.41) is 6.23. The molecule has 1 saturated heterocycles. The molecule has 9 heteroatoms. The van der Waals surface area contributed by atoms with Gasteiger partial charge in [-0.15, -0.1) is 11.3 Å². The van der Waals surface area contributed by atoms with Crippen LogP contribution in [0.4, 0.5) is 5.00 Å². The van der Waals surface area contributed by atoms with E-state index in [9.17, 15) is 18.0 Å². The first-order valence-corrected chi connectivity index (χ1v) is 13.1. The summed E-state index contributed by atoms with van der Waals surface area (Å²) in [4.78, 5) is 26.7. The van der Waals surface area contributed by atoms with E-state index in [1.165, 1.54) is 11.3 Å². The first-order valence-electron chi connectivity index (χ1n) is 10.5. The summed E-state index contributed by atoms with van der Waals surface area (Å²) < 4.78 is 29.0.